The van der Waals surface area contributed by atoms with Crippen molar-refractivity contribution in [1.29, 1.82) is 0 Å². The van der Waals surface area contributed by atoms with E-state index in [4.69, 9.17) is 9.72 Å². The summed E-state index contributed by atoms with van der Waals surface area (Å²) in [6.07, 6.45) is 1.88. The topological polar surface area (TPSA) is 71.1 Å². The van der Waals surface area contributed by atoms with E-state index < -0.39 is 0 Å². The van der Waals surface area contributed by atoms with E-state index >= 15 is 0 Å². The van der Waals surface area contributed by atoms with Crippen LogP contribution in [0.25, 0.3) is 22.2 Å². The van der Waals surface area contributed by atoms with E-state index in [-0.39, 0.29) is 11.9 Å². The zero-order valence-corrected chi connectivity index (χ0v) is 18.6. The van der Waals surface area contributed by atoms with Crippen molar-refractivity contribution in [2.45, 2.75) is 32.7 Å². The molecule has 1 amide bonds. The molecule has 1 N–H and O–H groups in total. The minimum atomic E-state index is -0.0291. The maximum atomic E-state index is 13.4. The number of likely N-dealkylation sites (tertiary alicyclic amines) is 1. The van der Waals surface area contributed by atoms with Crippen LogP contribution in [0, 0.1) is 13.8 Å². The van der Waals surface area contributed by atoms with Gasteiger partial charge in [0.2, 0.25) is 0 Å². The van der Waals surface area contributed by atoms with E-state index in [0.717, 1.165) is 64.5 Å². The zero-order chi connectivity index (χ0) is 22.2. The van der Waals surface area contributed by atoms with E-state index in [2.05, 4.69) is 34.2 Å². The molecule has 1 atom stereocenters. The van der Waals surface area contributed by atoms with E-state index in [1.807, 2.05) is 49.1 Å². The molecule has 1 aliphatic rings. The lowest BCUT2D eigenvalue weighted by Gasteiger charge is -2.25. The fourth-order valence-corrected chi connectivity index (χ4v) is 4.57. The van der Waals surface area contributed by atoms with Gasteiger partial charge in [-0.3, -0.25) is 9.78 Å². The van der Waals surface area contributed by atoms with Crippen LogP contribution in [-0.4, -0.2) is 39.4 Å². The molecule has 3 heterocycles. The molecule has 0 unspecified atom stereocenters. The molecule has 1 aliphatic heterocycles. The number of rotatable bonds is 4. The number of nitrogens with one attached hydrogen (secondary N) is 1. The Hall–Kier alpha value is -3.67. The van der Waals surface area contributed by atoms with Gasteiger partial charge < -0.3 is 14.6 Å². The average Bonchev–Trinajstić information content (AvgIpc) is 3.43. The molecule has 2 aromatic heterocycles. The second-order valence-corrected chi connectivity index (χ2v) is 8.36. The molecular weight excluding hydrogens is 400 g/mol. The third-order valence-corrected chi connectivity index (χ3v) is 6.10. The highest BCUT2D eigenvalue weighted by molar-refractivity contribution is 5.97. The first kappa shape index (κ1) is 20.2. The Bertz CT molecular complexity index is 1290. The van der Waals surface area contributed by atoms with Crippen LogP contribution in [0.3, 0.4) is 0 Å². The number of aromatic amines is 1. The van der Waals surface area contributed by atoms with Crippen LogP contribution in [0.15, 0.2) is 54.6 Å². The Morgan fingerprint density at radius 3 is 2.62 bits per heavy atom. The van der Waals surface area contributed by atoms with Crippen molar-refractivity contribution in [1.82, 2.24) is 19.9 Å². The fourth-order valence-electron chi connectivity index (χ4n) is 4.57. The first-order valence-corrected chi connectivity index (χ1v) is 10.9. The number of carbonyl (C=O) groups is 1. The number of carbonyl (C=O) groups excluding carboxylic acids is 1. The van der Waals surface area contributed by atoms with E-state index in [9.17, 15) is 4.79 Å². The number of hydrogen-bond acceptors (Lipinski definition) is 4. The van der Waals surface area contributed by atoms with Crippen LogP contribution in [0.2, 0.25) is 0 Å². The van der Waals surface area contributed by atoms with Gasteiger partial charge in [0.05, 0.1) is 29.9 Å². The number of ether oxygens (including phenoxy) is 1. The molecule has 1 fully saturated rings. The maximum absolute atomic E-state index is 13.4. The largest absolute Gasteiger partial charge is 0.497 e. The normalized spacial score (nSPS) is 16.0. The third-order valence-electron chi connectivity index (χ3n) is 6.10. The Balaban J connectivity index is 1.46. The van der Waals surface area contributed by atoms with Gasteiger partial charge >= 0.3 is 0 Å². The molecule has 6 nitrogen and oxygen atoms in total. The van der Waals surface area contributed by atoms with Crippen molar-refractivity contribution in [3.63, 3.8) is 0 Å². The molecular formula is C26H26N4O2. The molecule has 0 radical (unpaired) electrons. The smallest absolute Gasteiger partial charge is 0.254 e. The number of H-pyrrole nitrogens is 1. The SMILES string of the molecule is COc1ccc(-c2cc(C)nc([C@@H]3CCCN3C(=O)c3ccc4nc(C)[nH]c4c3)c2)cc1. The summed E-state index contributed by atoms with van der Waals surface area (Å²) in [6.45, 7) is 4.66. The summed E-state index contributed by atoms with van der Waals surface area (Å²) >= 11 is 0. The highest BCUT2D eigenvalue weighted by Gasteiger charge is 2.32. The molecule has 0 aliphatic carbocycles. The van der Waals surface area contributed by atoms with Crippen LogP contribution in [0.1, 0.15) is 46.5 Å². The van der Waals surface area contributed by atoms with E-state index in [0.29, 0.717) is 5.56 Å². The molecule has 0 bridgehead atoms. The number of nitrogens with zero attached hydrogens (tertiary/aromatic N) is 3. The highest BCUT2D eigenvalue weighted by atomic mass is 16.5. The number of aromatic nitrogens is 3. The van der Waals surface area contributed by atoms with E-state index in [1.165, 1.54) is 0 Å². The van der Waals surface area contributed by atoms with Crippen LogP contribution in [0.5, 0.6) is 5.75 Å². The van der Waals surface area contributed by atoms with Gasteiger partial charge in [-0.1, -0.05) is 12.1 Å². The summed E-state index contributed by atoms with van der Waals surface area (Å²) in [5.74, 6) is 1.71. The number of aryl methyl sites for hydroxylation is 2. The predicted molar refractivity (Wildman–Crippen MR) is 125 cm³/mol. The predicted octanol–water partition coefficient (Wildman–Crippen LogP) is 5.23. The number of imidazole rings is 1. The minimum absolute atomic E-state index is 0.0291. The molecule has 32 heavy (non-hydrogen) atoms. The van der Waals surface area contributed by atoms with E-state index in [1.54, 1.807) is 7.11 Å². The quantitative estimate of drug-likeness (QED) is 0.485. The number of methoxy groups -OCH3 is 1. The van der Waals surface area contributed by atoms with Gasteiger partial charge in [-0.25, -0.2) is 4.98 Å². The summed E-state index contributed by atoms with van der Waals surface area (Å²) < 4.78 is 5.28. The number of fused-ring (bicyclic) bond motifs is 1. The molecule has 1 saturated heterocycles. The fraction of sp³-hybridized carbons (Fsp3) is 0.269. The molecule has 162 valence electrons. The van der Waals surface area contributed by atoms with Crippen molar-refractivity contribution >= 4 is 16.9 Å². The van der Waals surface area contributed by atoms with Crippen molar-refractivity contribution in [2.75, 3.05) is 13.7 Å². The van der Waals surface area contributed by atoms with Gasteiger partial charge in [0.1, 0.15) is 11.6 Å². The van der Waals surface area contributed by atoms with Gasteiger partial charge in [-0.05, 0) is 80.3 Å². The second kappa shape index (κ2) is 8.11. The number of hydrogen-bond donors (Lipinski definition) is 1. The standard InChI is InChI=1S/C26H26N4O2/c1-16-13-20(18-6-9-21(32-3)10-7-18)15-24(27-16)25-5-4-12-30(25)26(31)19-8-11-22-23(14-19)29-17(2)28-22/h6-11,13-15,25H,4-5,12H2,1-3H3,(H,28,29)/t25-/m0/s1. The van der Waals surface area contributed by atoms with Gasteiger partial charge in [-0.15, -0.1) is 0 Å². The number of pyridine rings is 1. The summed E-state index contributed by atoms with van der Waals surface area (Å²) in [7, 11) is 1.67. The first-order chi connectivity index (χ1) is 15.5. The number of benzene rings is 2. The van der Waals surface area contributed by atoms with Crippen molar-refractivity contribution in [3.05, 3.63) is 77.4 Å². The molecule has 6 heteroatoms. The Morgan fingerprint density at radius 1 is 1.03 bits per heavy atom. The molecule has 4 aromatic rings. The Morgan fingerprint density at radius 2 is 1.84 bits per heavy atom. The van der Waals surface area contributed by atoms with Crippen molar-refractivity contribution in [3.8, 4) is 16.9 Å². The monoisotopic (exact) mass is 426 g/mol. The van der Waals surface area contributed by atoms with Crippen LogP contribution in [0.4, 0.5) is 0 Å². The van der Waals surface area contributed by atoms with Crippen molar-refractivity contribution in [2.24, 2.45) is 0 Å². The van der Waals surface area contributed by atoms with Crippen LogP contribution in [-0.2, 0) is 0 Å². The van der Waals surface area contributed by atoms with Crippen molar-refractivity contribution < 1.29 is 9.53 Å². The van der Waals surface area contributed by atoms with Gasteiger partial charge in [0, 0.05) is 17.8 Å². The second-order valence-electron chi connectivity index (χ2n) is 8.36. The van der Waals surface area contributed by atoms with Gasteiger partial charge in [-0.2, -0.15) is 0 Å². The average molecular weight is 427 g/mol. The summed E-state index contributed by atoms with van der Waals surface area (Å²) in [6, 6.07) is 17.9. The summed E-state index contributed by atoms with van der Waals surface area (Å²) in [5.41, 5.74) is 6.54. The van der Waals surface area contributed by atoms with Crippen LogP contribution >= 0.6 is 0 Å². The highest BCUT2D eigenvalue weighted by Crippen LogP contribution is 2.35. The molecule has 0 saturated carbocycles. The lowest BCUT2D eigenvalue weighted by atomic mass is 10.0. The minimum Gasteiger partial charge on any atom is -0.497 e. The third kappa shape index (κ3) is 3.73. The van der Waals surface area contributed by atoms with Gasteiger partial charge in [0.15, 0.2) is 0 Å². The summed E-state index contributed by atoms with van der Waals surface area (Å²) in [5, 5.41) is 0. The number of amides is 1. The first-order valence-electron chi connectivity index (χ1n) is 10.9. The molecule has 0 spiro atoms. The zero-order valence-electron chi connectivity index (χ0n) is 18.6. The summed E-state index contributed by atoms with van der Waals surface area (Å²) in [4.78, 5) is 27.9. The molecule has 2 aromatic carbocycles. The van der Waals surface area contributed by atoms with Crippen LogP contribution < -0.4 is 4.74 Å². The van der Waals surface area contributed by atoms with Gasteiger partial charge in [0.25, 0.3) is 5.91 Å². The Labute approximate surface area is 187 Å². The Kier molecular flexibility index (Phi) is 5.13. The maximum Gasteiger partial charge on any atom is 0.254 e. The lowest BCUT2D eigenvalue weighted by Crippen LogP contribution is -2.31. The lowest BCUT2D eigenvalue weighted by molar-refractivity contribution is 0.0733. The molecule has 5 rings (SSSR count).